The highest BCUT2D eigenvalue weighted by molar-refractivity contribution is 5.73. The van der Waals surface area contributed by atoms with Gasteiger partial charge in [-0.1, -0.05) is 6.07 Å². The molecular weight excluding hydrogens is 217 g/mol. The molecule has 2 atom stereocenters. The number of carboxylic acids is 1. The first-order valence-corrected chi connectivity index (χ1v) is 4.56. The van der Waals surface area contributed by atoms with Gasteiger partial charge in [-0.2, -0.15) is 0 Å². The molecule has 16 heavy (non-hydrogen) atoms. The standard InChI is InChI=1S/C10H12FNO4/c11-6(4-7(12)10(15)16)5-1-2-8(13)9(14)3-5/h1-3,6-7,13-14H,4,12H2,(H,15,16)/t6?,7-/m0/s1. The smallest absolute Gasteiger partial charge is 0.320 e. The van der Waals surface area contributed by atoms with Crippen LogP contribution >= 0.6 is 0 Å². The molecule has 0 saturated heterocycles. The number of rotatable bonds is 4. The third kappa shape index (κ3) is 2.83. The average molecular weight is 229 g/mol. The van der Waals surface area contributed by atoms with Gasteiger partial charge in [-0.15, -0.1) is 0 Å². The zero-order valence-electron chi connectivity index (χ0n) is 8.30. The molecule has 0 bridgehead atoms. The molecule has 0 fully saturated rings. The Morgan fingerprint density at radius 3 is 2.50 bits per heavy atom. The van der Waals surface area contributed by atoms with Crippen LogP contribution in [-0.4, -0.2) is 27.3 Å². The molecule has 1 aromatic rings. The summed E-state index contributed by atoms with van der Waals surface area (Å²) in [6, 6.07) is 2.12. The summed E-state index contributed by atoms with van der Waals surface area (Å²) in [6.07, 6.45) is -1.99. The number of carbonyl (C=O) groups is 1. The normalized spacial score (nSPS) is 14.4. The number of benzene rings is 1. The van der Waals surface area contributed by atoms with E-state index in [2.05, 4.69) is 0 Å². The second-order valence-corrected chi connectivity index (χ2v) is 3.40. The maximum atomic E-state index is 13.5. The quantitative estimate of drug-likeness (QED) is 0.574. The number of alkyl halides is 1. The van der Waals surface area contributed by atoms with Gasteiger partial charge in [-0.25, -0.2) is 4.39 Å². The second kappa shape index (κ2) is 4.80. The zero-order valence-corrected chi connectivity index (χ0v) is 8.30. The van der Waals surface area contributed by atoms with Crippen molar-refractivity contribution in [2.75, 3.05) is 0 Å². The Kier molecular flexibility index (Phi) is 3.68. The van der Waals surface area contributed by atoms with Gasteiger partial charge < -0.3 is 21.1 Å². The molecule has 0 heterocycles. The zero-order chi connectivity index (χ0) is 12.3. The van der Waals surface area contributed by atoms with E-state index in [0.29, 0.717) is 0 Å². The molecule has 6 heteroatoms. The summed E-state index contributed by atoms with van der Waals surface area (Å²) in [5, 5.41) is 26.6. The highest BCUT2D eigenvalue weighted by Gasteiger charge is 2.20. The number of hydrogen-bond donors (Lipinski definition) is 4. The summed E-state index contributed by atoms with van der Waals surface area (Å²) in [7, 11) is 0. The van der Waals surface area contributed by atoms with Gasteiger partial charge in [-0.05, 0) is 17.7 Å². The van der Waals surface area contributed by atoms with Crippen molar-refractivity contribution in [2.24, 2.45) is 5.73 Å². The van der Waals surface area contributed by atoms with E-state index in [4.69, 9.17) is 21.1 Å². The molecule has 0 aliphatic carbocycles. The van der Waals surface area contributed by atoms with Crippen LogP contribution in [0, 0.1) is 0 Å². The third-order valence-electron chi connectivity index (χ3n) is 2.14. The van der Waals surface area contributed by atoms with E-state index >= 15 is 0 Å². The van der Waals surface area contributed by atoms with Crippen molar-refractivity contribution < 1.29 is 24.5 Å². The average Bonchev–Trinajstić information content (AvgIpc) is 2.21. The maximum Gasteiger partial charge on any atom is 0.320 e. The van der Waals surface area contributed by atoms with E-state index < -0.39 is 23.9 Å². The van der Waals surface area contributed by atoms with Crippen molar-refractivity contribution in [3.05, 3.63) is 23.8 Å². The van der Waals surface area contributed by atoms with Crippen LogP contribution in [0.5, 0.6) is 11.5 Å². The number of nitrogens with two attached hydrogens (primary N) is 1. The number of carboxylic acid groups (broad SMARTS) is 1. The number of hydrogen-bond acceptors (Lipinski definition) is 4. The minimum absolute atomic E-state index is 0.0759. The van der Waals surface area contributed by atoms with Crippen LogP contribution in [0.2, 0.25) is 0 Å². The first-order valence-electron chi connectivity index (χ1n) is 4.56. The molecule has 0 spiro atoms. The Bertz CT molecular complexity index is 396. The lowest BCUT2D eigenvalue weighted by Crippen LogP contribution is -2.31. The Hall–Kier alpha value is -1.82. The fraction of sp³-hybridized carbons (Fsp3) is 0.300. The monoisotopic (exact) mass is 229 g/mol. The molecular formula is C10H12FNO4. The molecule has 5 N–H and O–H groups in total. The number of phenols is 2. The van der Waals surface area contributed by atoms with Crippen molar-refractivity contribution in [3.63, 3.8) is 0 Å². The van der Waals surface area contributed by atoms with E-state index in [1.807, 2.05) is 0 Å². The first-order chi connectivity index (χ1) is 7.41. The Balaban J connectivity index is 2.76. The summed E-state index contributed by atoms with van der Waals surface area (Å²) >= 11 is 0. The van der Waals surface area contributed by atoms with Crippen LogP contribution in [0.4, 0.5) is 4.39 Å². The van der Waals surface area contributed by atoms with Crippen LogP contribution in [0.25, 0.3) is 0 Å². The Morgan fingerprint density at radius 2 is 2.00 bits per heavy atom. The lowest BCUT2D eigenvalue weighted by molar-refractivity contribution is -0.139. The number of halogens is 1. The molecule has 0 radical (unpaired) electrons. The van der Waals surface area contributed by atoms with E-state index in [0.717, 1.165) is 12.1 Å². The molecule has 1 unspecified atom stereocenters. The molecule has 0 aliphatic rings. The highest BCUT2D eigenvalue weighted by Crippen LogP contribution is 2.30. The van der Waals surface area contributed by atoms with Crippen molar-refractivity contribution in [1.82, 2.24) is 0 Å². The van der Waals surface area contributed by atoms with Crippen molar-refractivity contribution in [3.8, 4) is 11.5 Å². The fourth-order valence-corrected chi connectivity index (χ4v) is 1.20. The summed E-state index contributed by atoms with van der Waals surface area (Å²) in [5.74, 6) is -2.10. The van der Waals surface area contributed by atoms with Crippen molar-refractivity contribution in [1.29, 1.82) is 0 Å². The molecule has 88 valence electrons. The Labute approximate surface area is 90.9 Å². The summed E-state index contributed by atoms with van der Waals surface area (Å²) in [5.41, 5.74) is 5.25. The van der Waals surface area contributed by atoms with E-state index in [9.17, 15) is 9.18 Å². The molecule has 0 aliphatic heterocycles. The molecule has 5 nitrogen and oxygen atoms in total. The predicted octanol–water partition coefficient (Wildman–Crippen LogP) is 0.910. The van der Waals surface area contributed by atoms with Crippen LogP contribution in [0.1, 0.15) is 18.2 Å². The first kappa shape index (κ1) is 12.3. The topological polar surface area (TPSA) is 104 Å². The molecule has 0 amide bonds. The second-order valence-electron chi connectivity index (χ2n) is 3.40. The maximum absolute atomic E-state index is 13.5. The van der Waals surface area contributed by atoms with Crippen LogP contribution < -0.4 is 5.73 Å². The third-order valence-corrected chi connectivity index (χ3v) is 2.14. The van der Waals surface area contributed by atoms with Gasteiger partial charge in [0.25, 0.3) is 0 Å². The SMILES string of the molecule is N[C@@H](CC(F)c1ccc(O)c(O)c1)C(=O)O. The minimum Gasteiger partial charge on any atom is -0.504 e. The van der Waals surface area contributed by atoms with Crippen LogP contribution in [0.3, 0.4) is 0 Å². The van der Waals surface area contributed by atoms with Crippen LogP contribution in [-0.2, 0) is 4.79 Å². The van der Waals surface area contributed by atoms with E-state index in [1.54, 1.807) is 0 Å². The van der Waals surface area contributed by atoms with Gasteiger partial charge in [0.2, 0.25) is 0 Å². The lowest BCUT2D eigenvalue weighted by Gasteiger charge is -2.12. The van der Waals surface area contributed by atoms with Crippen molar-refractivity contribution in [2.45, 2.75) is 18.6 Å². The van der Waals surface area contributed by atoms with Gasteiger partial charge in [0.15, 0.2) is 11.5 Å². The van der Waals surface area contributed by atoms with Gasteiger partial charge in [0, 0.05) is 6.42 Å². The van der Waals surface area contributed by atoms with Gasteiger partial charge >= 0.3 is 5.97 Å². The van der Waals surface area contributed by atoms with Crippen LogP contribution in [0.15, 0.2) is 18.2 Å². The summed E-state index contributed by atoms with van der Waals surface area (Å²) in [4.78, 5) is 10.4. The summed E-state index contributed by atoms with van der Waals surface area (Å²) < 4.78 is 13.5. The highest BCUT2D eigenvalue weighted by atomic mass is 19.1. The number of aliphatic carboxylic acids is 1. The molecule has 0 saturated carbocycles. The predicted molar refractivity (Wildman–Crippen MR) is 53.8 cm³/mol. The van der Waals surface area contributed by atoms with Gasteiger partial charge in [0.1, 0.15) is 12.2 Å². The fourth-order valence-electron chi connectivity index (χ4n) is 1.20. The number of phenolic OH excluding ortho intramolecular Hbond substituents is 2. The Morgan fingerprint density at radius 1 is 1.38 bits per heavy atom. The van der Waals surface area contributed by atoms with Gasteiger partial charge in [-0.3, -0.25) is 4.79 Å². The van der Waals surface area contributed by atoms with E-state index in [-0.39, 0.29) is 17.7 Å². The molecule has 1 rings (SSSR count). The van der Waals surface area contributed by atoms with E-state index in [1.165, 1.54) is 6.07 Å². The lowest BCUT2D eigenvalue weighted by atomic mass is 10.0. The largest absolute Gasteiger partial charge is 0.504 e. The minimum atomic E-state index is -1.60. The molecule has 1 aromatic carbocycles. The van der Waals surface area contributed by atoms with Crippen molar-refractivity contribution >= 4 is 5.97 Å². The number of aromatic hydroxyl groups is 2. The molecule has 0 aromatic heterocycles. The van der Waals surface area contributed by atoms with Gasteiger partial charge in [0.05, 0.1) is 0 Å². The summed E-state index contributed by atoms with van der Waals surface area (Å²) in [6.45, 7) is 0.